The molecule has 3 aromatic carbocycles. The predicted octanol–water partition coefficient (Wildman–Crippen LogP) is 4.50. The van der Waals surface area contributed by atoms with Gasteiger partial charge in [-0.05, 0) is 48.0 Å². The van der Waals surface area contributed by atoms with Crippen molar-refractivity contribution < 1.29 is 19.1 Å². The van der Waals surface area contributed by atoms with Crippen LogP contribution in [-0.4, -0.2) is 69.7 Å². The van der Waals surface area contributed by atoms with Crippen LogP contribution in [0, 0.1) is 0 Å². The Bertz CT molecular complexity index is 1200. The van der Waals surface area contributed by atoms with Crippen LogP contribution in [0.5, 0.6) is 11.5 Å². The monoisotopic (exact) mass is 488 g/mol. The Hall–Kier alpha value is -4.20. The van der Waals surface area contributed by atoms with Crippen LogP contribution in [0.3, 0.4) is 0 Å². The maximum atomic E-state index is 13.6. The molecular formula is C28H32N4O4. The number of carbonyl (C=O) groups excluding carboxylic acids is 2. The molecule has 8 nitrogen and oxygen atoms in total. The molecule has 188 valence electrons. The van der Waals surface area contributed by atoms with Crippen molar-refractivity contribution in [2.24, 2.45) is 0 Å². The van der Waals surface area contributed by atoms with Crippen molar-refractivity contribution in [2.75, 3.05) is 58.2 Å². The molecule has 0 bridgehead atoms. The highest BCUT2D eigenvalue weighted by molar-refractivity contribution is 5.96. The number of urea groups is 1. The van der Waals surface area contributed by atoms with Gasteiger partial charge in [-0.15, -0.1) is 0 Å². The van der Waals surface area contributed by atoms with E-state index in [-0.39, 0.29) is 18.0 Å². The zero-order valence-electron chi connectivity index (χ0n) is 21.1. The summed E-state index contributed by atoms with van der Waals surface area (Å²) in [5, 5.41) is 2.99. The molecule has 1 heterocycles. The molecule has 0 saturated carbocycles. The van der Waals surface area contributed by atoms with E-state index in [0.717, 1.165) is 16.9 Å². The fourth-order valence-corrected chi connectivity index (χ4v) is 4.35. The zero-order valence-corrected chi connectivity index (χ0v) is 21.1. The number of hydrogen-bond donors (Lipinski definition) is 1. The SMILES string of the molecule is COc1ccc(C(=O)N2CCN(C(=O)Nc3ccc(N(C)C)cc3)CC2c2ccccc2)cc1OC. The molecule has 0 radical (unpaired) electrons. The number of nitrogens with one attached hydrogen (secondary N) is 1. The van der Waals surface area contributed by atoms with E-state index < -0.39 is 0 Å². The third-order valence-electron chi connectivity index (χ3n) is 6.38. The summed E-state index contributed by atoms with van der Waals surface area (Å²) in [7, 11) is 7.05. The van der Waals surface area contributed by atoms with Crippen LogP contribution < -0.4 is 19.7 Å². The zero-order chi connectivity index (χ0) is 25.7. The Kier molecular flexibility index (Phi) is 7.63. The molecule has 0 spiro atoms. The van der Waals surface area contributed by atoms with E-state index in [4.69, 9.17) is 9.47 Å². The topological polar surface area (TPSA) is 74.4 Å². The Balaban J connectivity index is 1.54. The molecule has 36 heavy (non-hydrogen) atoms. The van der Waals surface area contributed by atoms with Crippen molar-refractivity contribution >= 4 is 23.3 Å². The minimum absolute atomic E-state index is 0.121. The number of ether oxygens (including phenoxy) is 2. The number of hydrogen-bond acceptors (Lipinski definition) is 5. The smallest absolute Gasteiger partial charge is 0.321 e. The van der Waals surface area contributed by atoms with Gasteiger partial charge in [-0.1, -0.05) is 30.3 Å². The Morgan fingerprint density at radius 1 is 0.889 bits per heavy atom. The highest BCUT2D eigenvalue weighted by Gasteiger charge is 2.34. The van der Waals surface area contributed by atoms with Gasteiger partial charge in [0.05, 0.1) is 20.3 Å². The maximum absolute atomic E-state index is 13.6. The summed E-state index contributed by atoms with van der Waals surface area (Å²) in [6.45, 7) is 1.20. The maximum Gasteiger partial charge on any atom is 0.321 e. The van der Waals surface area contributed by atoms with E-state index in [2.05, 4.69) is 5.32 Å². The van der Waals surface area contributed by atoms with Crippen molar-refractivity contribution in [3.8, 4) is 11.5 Å². The summed E-state index contributed by atoms with van der Waals surface area (Å²) in [6.07, 6.45) is 0. The van der Waals surface area contributed by atoms with Gasteiger partial charge >= 0.3 is 6.03 Å². The van der Waals surface area contributed by atoms with Crippen LogP contribution in [0.15, 0.2) is 72.8 Å². The number of nitrogens with zero attached hydrogens (tertiary/aromatic N) is 3. The van der Waals surface area contributed by atoms with Gasteiger partial charge in [0.15, 0.2) is 11.5 Å². The lowest BCUT2D eigenvalue weighted by Gasteiger charge is -2.41. The largest absolute Gasteiger partial charge is 0.493 e. The second-order valence-corrected chi connectivity index (χ2v) is 8.81. The molecule has 0 aliphatic carbocycles. The van der Waals surface area contributed by atoms with Gasteiger partial charge in [-0.3, -0.25) is 4.79 Å². The summed E-state index contributed by atoms with van der Waals surface area (Å²) >= 11 is 0. The standard InChI is InChI=1S/C28H32N4O4/c1-30(2)23-13-11-22(12-14-23)29-28(34)31-16-17-32(24(19-31)20-8-6-5-7-9-20)27(33)21-10-15-25(35-3)26(18-21)36-4/h5-15,18,24H,16-17,19H2,1-4H3,(H,29,34). The molecule has 4 rings (SSSR count). The number of carbonyl (C=O) groups is 2. The molecule has 8 heteroatoms. The van der Waals surface area contributed by atoms with Crippen molar-refractivity contribution in [2.45, 2.75) is 6.04 Å². The van der Waals surface area contributed by atoms with Crippen molar-refractivity contribution in [1.29, 1.82) is 0 Å². The normalized spacial score (nSPS) is 15.3. The van der Waals surface area contributed by atoms with Crippen LogP contribution in [0.2, 0.25) is 0 Å². The molecule has 1 saturated heterocycles. The highest BCUT2D eigenvalue weighted by Crippen LogP contribution is 2.31. The summed E-state index contributed by atoms with van der Waals surface area (Å²) in [5.41, 5.74) is 3.26. The first-order valence-corrected chi connectivity index (χ1v) is 11.8. The van der Waals surface area contributed by atoms with E-state index in [0.29, 0.717) is 36.7 Å². The summed E-state index contributed by atoms with van der Waals surface area (Å²) in [4.78, 5) is 32.3. The van der Waals surface area contributed by atoms with Crippen molar-refractivity contribution in [1.82, 2.24) is 9.80 Å². The molecule has 1 unspecified atom stereocenters. The van der Waals surface area contributed by atoms with Crippen LogP contribution in [0.4, 0.5) is 16.2 Å². The first kappa shape index (κ1) is 24.9. The average Bonchev–Trinajstić information content (AvgIpc) is 2.92. The van der Waals surface area contributed by atoms with E-state index >= 15 is 0 Å². The fraction of sp³-hybridized carbons (Fsp3) is 0.286. The Morgan fingerprint density at radius 2 is 1.58 bits per heavy atom. The van der Waals surface area contributed by atoms with Gasteiger partial charge < -0.3 is 29.5 Å². The van der Waals surface area contributed by atoms with Gasteiger partial charge in [0.2, 0.25) is 0 Å². The minimum Gasteiger partial charge on any atom is -0.493 e. The third-order valence-corrected chi connectivity index (χ3v) is 6.38. The predicted molar refractivity (Wildman–Crippen MR) is 141 cm³/mol. The summed E-state index contributed by atoms with van der Waals surface area (Å²) in [6, 6.07) is 22.2. The van der Waals surface area contributed by atoms with E-state index in [1.165, 1.54) is 0 Å². The van der Waals surface area contributed by atoms with Crippen LogP contribution >= 0.6 is 0 Å². The molecule has 1 fully saturated rings. The lowest BCUT2D eigenvalue weighted by Crippen LogP contribution is -2.53. The Labute approximate surface area is 212 Å². The number of rotatable bonds is 6. The molecule has 3 amide bonds. The molecule has 1 N–H and O–H groups in total. The highest BCUT2D eigenvalue weighted by atomic mass is 16.5. The molecule has 1 atom stereocenters. The molecule has 1 aliphatic rings. The van der Waals surface area contributed by atoms with Gasteiger partial charge in [-0.25, -0.2) is 4.79 Å². The second-order valence-electron chi connectivity index (χ2n) is 8.81. The van der Waals surface area contributed by atoms with Gasteiger partial charge in [0.25, 0.3) is 5.91 Å². The third kappa shape index (κ3) is 5.38. The molecular weight excluding hydrogens is 456 g/mol. The first-order chi connectivity index (χ1) is 17.4. The second kappa shape index (κ2) is 11.0. The van der Waals surface area contributed by atoms with Gasteiger partial charge in [-0.2, -0.15) is 0 Å². The quantitative estimate of drug-likeness (QED) is 0.553. The van der Waals surface area contributed by atoms with Gasteiger partial charge in [0.1, 0.15) is 0 Å². The number of methoxy groups -OCH3 is 2. The van der Waals surface area contributed by atoms with Crippen molar-refractivity contribution in [3.05, 3.63) is 83.9 Å². The van der Waals surface area contributed by atoms with Crippen LogP contribution in [-0.2, 0) is 0 Å². The molecule has 0 aromatic heterocycles. The van der Waals surface area contributed by atoms with E-state index in [1.807, 2.05) is 78.5 Å². The lowest BCUT2D eigenvalue weighted by atomic mass is 10.0. The Morgan fingerprint density at radius 3 is 2.22 bits per heavy atom. The number of piperazine rings is 1. The number of amides is 3. The van der Waals surface area contributed by atoms with Crippen LogP contribution in [0.25, 0.3) is 0 Å². The number of anilines is 2. The summed E-state index contributed by atoms with van der Waals surface area (Å²) in [5.74, 6) is 0.941. The first-order valence-electron chi connectivity index (χ1n) is 11.8. The molecule has 1 aliphatic heterocycles. The van der Waals surface area contributed by atoms with Crippen LogP contribution in [0.1, 0.15) is 22.0 Å². The van der Waals surface area contributed by atoms with E-state index in [1.54, 1.807) is 37.3 Å². The minimum atomic E-state index is -0.289. The number of benzene rings is 3. The van der Waals surface area contributed by atoms with Gasteiger partial charge in [0, 0.05) is 50.7 Å². The van der Waals surface area contributed by atoms with Crippen molar-refractivity contribution in [3.63, 3.8) is 0 Å². The lowest BCUT2D eigenvalue weighted by molar-refractivity contribution is 0.0516. The fourth-order valence-electron chi connectivity index (χ4n) is 4.35. The average molecular weight is 489 g/mol. The summed E-state index contributed by atoms with van der Waals surface area (Å²) < 4.78 is 10.7. The van der Waals surface area contributed by atoms with E-state index in [9.17, 15) is 9.59 Å². The molecule has 3 aromatic rings.